The quantitative estimate of drug-likeness (QED) is 0.260. The number of rotatable bonds is 12. The molecular weight excluding hydrogens is 464 g/mol. The number of nitrogens with zero attached hydrogens (tertiary/aromatic N) is 1. The molecule has 6 nitrogen and oxygen atoms in total. The average Bonchev–Trinajstić information content (AvgIpc) is 3.25. The van der Waals surface area contributed by atoms with Crippen LogP contribution in [0.4, 0.5) is 0 Å². The van der Waals surface area contributed by atoms with Crippen molar-refractivity contribution in [3.8, 4) is 22.6 Å². The molecule has 1 heterocycles. The number of aryl methyl sites for hydroxylation is 1. The SMILES string of the molecule is CCCOc1cccc(-c2ccc(OCCC)c(C(=O)N[C@@H](CO)Cc3cn(C)c4ccccc34)c2)c1. The second-order valence-corrected chi connectivity index (χ2v) is 9.28. The van der Waals surface area contributed by atoms with E-state index in [0.717, 1.165) is 46.2 Å². The molecule has 4 rings (SSSR count). The smallest absolute Gasteiger partial charge is 0.255 e. The third kappa shape index (κ3) is 6.33. The fourth-order valence-corrected chi connectivity index (χ4v) is 4.49. The van der Waals surface area contributed by atoms with Crippen LogP contribution in [-0.2, 0) is 13.5 Å². The van der Waals surface area contributed by atoms with Crippen molar-refractivity contribution in [2.45, 2.75) is 39.2 Å². The molecule has 4 aromatic rings. The van der Waals surface area contributed by atoms with Gasteiger partial charge >= 0.3 is 0 Å². The van der Waals surface area contributed by atoms with Gasteiger partial charge in [0.2, 0.25) is 0 Å². The summed E-state index contributed by atoms with van der Waals surface area (Å²) in [7, 11) is 2.00. The van der Waals surface area contributed by atoms with Crippen LogP contribution >= 0.6 is 0 Å². The third-order valence-corrected chi connectivity index (χ3v) is 6.33. The van der Waals surface area contributed by atoms with Crippen LogP contribution < -0.4 is 14.8 Å². The number of carbonyl (C=O) groups is 1. The number of hydrogen-bond acceptors (Lipinski definition) is 4. The van der Waals surface area contributed by atoms with Gasteiger partial charge in [0, 0.05) is 24.1 Å². The molecule has 3 aromatic carbocycles. The van der Waals surface area contributed by atoms with Gasteiger partial charge in [-0.05, 0) is 66.3 Å². The van der Waals surface area contributed by atoms with Crippen molar-refractivity contribution >= 4 is 16.8 Å². The van der Waals surface area contributed by atoms with Crippen LogP contribution in [0.5, 0.6) is 11.5 Å². The number of benzene rings is 3. The van der Waals surface area contributed by atoms with Crippen LogP contribution in [-0.4, -0.2) is 41.4 Å². The summed E-state index contributed by atoms with van der Waals surface area (Å²) in [6, 6.07) is 21.2. The molecule has 1 atom stereocenters. The second-order valence-electron chi connectivity index (χ2n) is 9.28. The largest absolute Gasteiger partial charge is 0.494 e. The minimum absolute atomic E-state index is 0.170. The summed E-state index contributed by atoms with van der Waals surface area (Å²) in [4.78, 5) is 13.5. The molecule has 0 radical (unpaired) electrons. The lowest BCUT2D eigenvalue weighted by atomic mass is 10.0. The lowest BCUT2D eigenvalue weighted by molar-refractivity contribution is 0.0912. The highest BCUT2D eigenvalue weighted by molar-refractivity contribution is 5.98. The maximum absolute atomic E-state index is 13.5. The highest BCUT2D eigenvalue weighted by Crippen LogP contribution is 2.30. The monoisotopic (exact) mass is 500 g/mol. The summed E-state index contributed by atoms with van der Waals surface area (Å²) < 4.78 is 13.8. The second kappa shape index (κ2) is 12.5. The van der Waals surface area contributed by atoms with E-state index in [2.05, 4.69) is 35.1 Å². The van der Waals surface area contributed by atoms with E-state index in [1.54, 1.807) is 0 Å². The van der Waals surface area contributed by atoms with E-state index in [0.29, 0.717) is 30.9 Å². The summed E-state index contributed by atoms with van der Waals surface area (Å²) in [6.45, 7) is 5.10. The van der Waals surface area contributed by atoms with Crippen LogP contribution in [0.25, 0.3) is 22.0 Å². The van der Waals surface area contributed by atoms with E-state index >= 15 is 0 Å². The van der Waals surface area contributed by atoms with E-state index in [9.17, 15) is 9.90 Å². The van der Waals surface area contributed by atoms with E-state index in [1.807, 2.05) is 68.6 Å². The number of hydrogen-bond donors (Lipinski definition) is 2. The first kappa shape index (κ1) is 26.3. The topological polar surface area (TPSA) is 72.7 Å². The molecule has 0 saturated heterocycles. The fourth-order valence-electron chi connectivity index (χ4n) is 4.49. The third-order valence-electron chi connectivity index (χ3n) is 6.33. The van der Waals surface area contributed by atoms with Crippen molar-refractivity contribution in [2.75, 3.05) is 19.8 Å². The summed E-state index contributed by atoms with van der Waals surface area (Å²) in [6.07, 6.45) is 4.34. The van der Waals surface area contributed by atoms with Gasteiger partial charge in [-0.2, -0.15) is 0 Å². The number of ether oxygens (including phenoxy) is 2. The van der Waals surface area contributed by atoms with Crippen molar-refractivity contribution in [1.29, 1.82) is 0 Å². The standard InChI is InChI=1S/C31H36N2O4/c1-4-15-36-26-10-8-9-22(18-26)23-13-14-30(37-16-5-2)28(19-23)31(35)32-25(21-34)17-24-20-33(3)29-12-7-6-11-27(24)29/h6-14,18-20,25,34H,4-5,15-17,21H2,1-3H3,(H,32,35)/t25-/m1/s1. The number of aliphatic hydroxyl groups is 1. The van der Waals surface area contributed by atoms with Crippen molar-refractivity contribution in [3.05, 3.63) is 84.1 Å². The molecule has 0 aliphatic carbocycles. The lowest BCUT2D eigenvalue weighted by Gasteiger charge is -2.18. The molecule has 6 heteroatoms. The Morgan fingerprint density at radius 2 is 1.70 bits per heavy atom. The number of para-hydroxylation sites is 1. The Hall–Kier alpha value is -3.77. The van der Waals surface area contributed by atoms with Gasteiger partial charge in [-0.1, -0.05) is 50.2 Å². The molecule has 0 saturated carbocycles. The Balaban J connectivity index is 1.59. The van der Waals surface area contributed by atoms with Gasteiger partial charge in [-0.25, -0.2) is 0 Å². The van der Waals surface area contributed by atoms with Crippen LogP contribution in [0.15, 0.2) is 72.9 Å². The van der Waals surface area contributed by atoms with Crippen LogP contribution in [0, 0.1) is 0 Å². The van der Waals surface area contributed by atoms with Crippen molar-refractivity contribution in [2.24, 2.45) is 7.05 Å². The molecule has 194 valence electrons. The molecule has 1 aromatic heterocycles. The van der Waals surface area contributed by atoms with E-state index in [4.69, 9.17) is 9.47 Å². The molecule has 0 bridgehead atoms. The molecule has 37 heavy (non-hydrogen) atoms. The highest BCUT2D eigenvalue weighted by Gasteiger charge is 2.20. The van der Waals surface area contributed by atoms with Crippen molar-refractivity contribution < 1.29 is 19.4 Å². The predicted octanol–water partition coefficient (Wildman–Crippen LogP) is 5.76. The minimum Gasteiger partial charge on any atom is -0.494 e. The molecule has 0 spiro atoms. The van der Waals surface area contributed by atoms with Gasteiger partial charge in [-0.15, -0.1) is 0 Å². The lowest BCUT2D eigenvalue weighted by Crippen LogP contribution is -2.39. The van der Waals surface area contributed by atoms with E-state index < -0.39 is 6.04 Å². The Labute approximate surface area is 218 Å². The van der Waals surface area contributed by atoms with Gasteiger partial charge < -0.3 is 24.5 Å². The number of nitrogens with one attached hydrogen (secondary N) is 1. The average molecular weight is 501 g/mol. The van der Waals surface area contributed by atoms with E-state index in [-0.39, 0.29) is 12.5 Å². The van der Waals surface area contributed by atoms with Gasteiger partial charge in [0.15, 0.2) is 0 Å². The number of aliphatic hydroxyl groups excluding tert-OH is 1. The van der Waals surface area contributed by atoms with Gasteiger partial charge in [0.05, 0.1) is 31.4 Å². The maximum Gasteiger partial charge on any atom is 0.255 e. The molecular formula is C31H36N2O4. The van der Waals surface area contributed by atoms with Gasteiger partial charge in [-0.3, -0.25) is 4.79 Å². The van der Waals surface area contributed by atoms with Gasteiger partial charge in [0.25, 0.3) is 5.91 Å². The van der Waals surface area contributed by atoms with Crippen LogP contribution in [0.1, 0.15) is 42.6 Å². The normalized spacial score (nSPS) is 11.9. The maximum atomic E-state index is 13.5. The fraction of sp³-hybridized carbons (Fsp3) is 0.323. The first-order chi connectivity index (χ1) is 18.0. The molecule has 0 unspecified atom stereocenters. The number of aromatic nitrogens is 1. The highest BCUT2D eigenvalue weighted by atomic mass is 16.5. The summed E-state index contributed by atoms with van der Waals surface area (Å²) in [5, 5.41) is 14.3. The zero-order chi connectivity index (χ0) is 26.2. The first-order valence-corrected chi connectivity index (χ1v) is 13.0. The number of carbonyl (C=O) groups excluding carboxylic acids is 1. The zero-order valence-corrected chi connectivity index (χ0v) is 21.9. The van der Waals surface area contributed by atoms with Crippen LogP contribution in [0.3, 0.4) is 0 Å². The van der Waals surface area contributed by atoms with Crippen molar-refractivity contribution in [1.82, 2.24) is 9.88 Å². The predicted molar refractivity (Wildman–Crippen MR) is 148 cm³/mol. The van der Waals surface area contributed by atoms with E-state index in [1.165, 1.54) is 0 Å². The zero-order valence-electron chi connectivity index (χ0n) is 21.9. The number of fused-ring (bicyclic) bond motifs is 1. The summed E-state index contributed by atoms with van der Waals surface area (Å²) >= 11 is 0. The van der Waals surface area contributed by atoms with Crippen LogP contribution in [0.2, 0.25) is 0 Å². The molecule has 0 aliphatic rings. The minimum atomic E-state index is -0.438. The Morgan fingerprint density at radius 3 is 2.49 bits per heavy atom. The Morgan fingerprint density at radius 1 is 0.946 bits per heavy atom. The van der Waals surface area contributed by atoms with Crippen molar-refractivity contribution in [3.63, 3.8) is 0 Å². The summed E-state index contributed by atoms with van der Waals surface area (Å²) in [5.74, 6) is 1.06. The molecule has 0 aliphatic heterocycles. The first-order valence-electron chi connectivity index (χ1n) is 13.0. The number of amides is 1. The van der Waals surface area contributed by atoms with Gasteiger partial charge in [0.1, 0.15) is 11.5 Å². The molecule has 2 N–H and O–H groups in total. The molecule has 1 amide bonds. The molecule has 0 fully saturated rings. The Bertz CT molecular complexity index is 1340. The summed E-state index contributed by atoms with van der Waals surface area (Å²) in [5.41, 5.74) is 4.50. The Kier molecular flexibility index (Phi) is 8.86.